The molecule has 13 heteroatoms. The van der Waals surface area contributed by atoms with Gasteiger partial charge in [-0.2, -0.15) is 0 Å². The summed E-state index contributed by atoms with van der Waals surface area (Å²) in [4.78, 5) is 36.6. The molecule has 6 rings (SSSR count). The second-order valence-corrected chi connectivity index (χ2v) is 13.9. The van der Waals surface area contributed by atoms with Crippen LogP contribution in [0.1, 0.15) is 32.1 Å². The van der Waals surface area contributed by atoms with Crippen molar-refractivity contribution >= 4 is 11.9 Å². The second-order valence-electron chi connectivity index (χ2n) is 13.9. The largest absolute Gasteiger partial charge is 0.478 e. The zero-order chi connectivity index (χ0) is 42.9. The van der Waals surface area contributed by atoms with Crippen LogP contribution >= 0.6 is 0 Å². The molecule has 1 amide bonds. The quantitative estimate of drug-likeness (QED) is 0.104. The van der Waals surface area contributed by atoms with E-state index in [0.29, 0.717) is 46.5 Å². The standard InChI is InChI=1S/C23H24FN3O2.C19H14FNO3.C4H12N2/c1-16-14-18(23(28)25-12-13-27(2)3)15-22(26-16)17-4-8-20(9-5-17)29-21-10-6-19(24)7-11-21;1-12-10-14(19(22)23)11-18(21-12)13-2-6-16(7-3-13)24-17-8-4-15(20)5-9-17;1-6(2)4-3-5/h4-11,14-15H,12-13H2,1-3H3,(H,25,28);2-11H,1H3,(H,22,23);3-5H2,1-2H3. The zero-order valence-corrected chi connectivity index (χ0v) is 34.1. The van der Waals surface area contributed by atoms with E-state index in [4.69, 9.17) is 20.3 Å². The number of carbonyl (C=O) groups excluding carboxylic acids is 1. The Morgan fingerprint density at radius 3 is 1.34 bits per heavy atom. The summed E-state index contributed by atoms with van der Waals surface area (Å²) >= 11 is 0. The predicted molar refractivity (Wildman–Crippen MR) is 227 cm³/mol. The molecule has 59 heavy (non-hydrogen) atoms. The van der Waals surface area contributed by atoms with Gasteiger partial charge < -0.3 is 35.4 Å². The minimum atomic E-state index is -0.988. The topological polar surface area (TPSA) is 143 Å². The number of carboxylic acids is 1. The van der Waals surface area contributed by atoms with Crippen molar-refractivity contribution in [2.24, 2.45) is 5.73 Å². The van der Waals surface area contributed by atoms with Crippen LogP contribution in [0.5, 0.6) is 23.0 Å². The van der Waals surface area contributed by atoms with Gasteiger partial charge in [0.25, 0.3) is 5.91 Å². The van der Waals surface area contributed by atoms with Gasteiger partial charge in [0.05, 0.1) is 17.0 Å². The Hall–Kier alpha value is -6.54. The highest BCUT2D eigenvalue weighted by molar-refractivity contribution is 5.95. The van der Waals surface area contributed by atoms with Crippen LogP contribution in [0.2, 0.25) is 0 Å². The number of nitrogens with zero attached hydrogens (tertiary/aromatic N) is 4. The van der Waals surface area contributed by atoms with Crippen LogP contribution in [0.25, 0.3) is 22.5 Å². The fourth-order valence-corrected chi connectivity index (χ4v) is 5.31. The van der Waals surface area contributed by atoms with Gasteiger partial charge in [-0.15, -0.1) is 0 Å². The summed E-state index contributed by atoms with van der Waals surface area (Å²) in [6.07, 6.45) is 0. The molecule has 6 aromatic rings. The van der Waals surface area contributed by atoms with Crippen molar-refractivity contribution in [3.8, 4) is 45.5 Å². The van der Waals surface area contributed by atoms with E-state index in [1.807, 2.05) is 64.3 Å². The van der Waals surface area contributed by atoms with E-state index < -0.39 is 5.97 Å². The van der Waals surface area contributed by atoms with Gasteiger partial charge in [0.2, 0.25) is 0 Å². The Bertz CT molecular complexity index is 2250. The lowest BCUT2D eigenvalue weighted by Crippen LogP contribution is -2.31. The van der Waals surface area contributed by atoms with E-state index in [1.54, 1.807) is 67.6 Å². The summed E-state index contributed by atoms with van der Waals surface area (Å²) in [5.74, 6) is 0.590. The number of hydrogen-bond acceptors (Lipinski definition) is 9. The van der Waals surface area contributed by atoms with Crippen molar-refractivity contribution in [3.05, 3.63) is 155 Å². The van der Waals surface area contributed by atoms with Gasteiger partial charge in [-0.05, 0) is 163 Å². The predicted octanol–water partition coefficient (Wildman–Crippen LogP) is 8.47. The number of rotatable bonds is 13. The van der Waals surface area contributed by atoms with Gasteiger partial charge in [-0.25, -0.2) is 13.6 Å². The maximum absolute atomic E-state index is 13.0. The van der Waals surface area contributed by atoms with E-state index >= 15 is 0 Å². The number of carboxylic acid groups (broad SMARTS) is 1. The molecular weight excluding hydrogens is 755 g/mol. The molecule has 0 spiro atoms. The Kier molecular flexibility index (Phi) is 17.2. The van der Waals surface area contributed by atoms with Crippen LogP contribution in [-0.4, -0.2) is 91.1 Å². The number of aryl methyl sites for hydroxylation is 2. The molecule has 0 saturated heterocycles. The second kappa shape index (κ2) is 22.4. The lowest BCUT2D eigenvalue weighted by atomic mass is 10.1. The van der Waals surface area contributed by atoms with Crippen LogP contribution in [0.3, 0.4) is 0 Å². The van der Waals surface area contributed by atoms with Crippen molar-refractivity contribution in [3.63, 3.8) is 0 Å². The lowest BCUT2D eigenvalue weighted by molar-refractivity contribution is 0.0696. The van der Waals surface area contributed by atoms with Crippen LogP contribution in [-0.2, 0) is 0 Å². The number of nitrogens with one attached hydrogen (secondary N) is 1. The van der Waals surface area contributed by atoms with Gasteiger partial charge >= 0.3 is 5.97 Å². The SMILES string of the molecule is CN(C)CCN.Cc1cc(C(=O)NCCN(C)C)cc(-c2ccc(Oc3ccc(F)cc3)cc2)n1.Cc1cc(C(=O)O)cc(-c2ccc(Oc3ccc(F)cc3)cc2)n1. The maximum Gasteiger partial charge on any atom is 0.335 e. The summed E-state index contributed by atoms with van der Waals surface area (Å²) in [5.41, 5.74) is 10.3. The van der Waals surface area contributed by atoms with Gasteiger partial charge in [0.1, 0.15) is 34.6 Å². The zero-order valence-electron chi connectivity index (χ0n) is 34.1. The number of halogens is 2. The van der Waals surface area contributed by atoms with E-state index in [-0.39, 0.29) is 23.1 Å². The van der Waals surface area contributed by atoms with Gasteiger partial charge in [0, 0.05) is 54.3 Å². The van der Waals surface area contributed by atoms with Crippen molar-refractivity contribution in [2.45, 2.75) is 13.8 Å². The van der Waals surface area contributed by atoms with Crippen LogP contribution < -0.4 is 20.5 Å². The molecule has 308 valence electrons. The number of carbonyl (C=O) groups is 2. The smallest absolute Gasteiger partial charge is 0.335 e. The third-order valence-corrected chi connectivity index (χ3v) is 8.24. The first-order chi connectivity index (χ1) is 28.2. The van der Waals surface area contributed by atoms with Gasteiger partial charge in [0.15, 0.2) is 0 Å². The van der Waals surface area contributed by atoms with E-state index in [2.05, 4.69) is 20.2 Å². The molecule has 4 aromatic carbocycles. The molecule has 0 saturated carbocycles. The molecule has 11 nitrogen and oxygen atoms in total. The first-order valence-corrected chi connectivity index (χ1v) is 18.7. The Balaban J connectivity index is 0.000000232. The number of nitrogens with two attached hydrogens (primary N) is 1. The van der Waals surface area contributed by atoms with Crippen molar-refractivity contribution in [1.82, 2.24) is 25.1 Å². The molecule has 0 aliphatic carbocycles. The molecule has 0 aliphatic rings. The third kappa shape index (κ3) is 15.4. The van der Waals surface area contributed by atoms with Crippen molar-refractivity contribution < 1.29 is 33.0 Å². The highest BCUT2D eigenvalue weighted by atomic mass is 19.1. The average molecular weight is 805 g/mol. The number of pyridine rings is 2. The fourth-order valence-electron chi connectivity index (χ4n) is 5.31. The minimum Gasteiger partial charge on any atom is -0.478 e. The molecule has 2 heterocycles. The summed E-state index contributed by atoms with van der Waals surface area (Å²) < 4.78 is 37.2. The Morgan fingerprint density at radius 1 is 0.610 bits per heavy atom. The van der Waals surface area contributed by atoms with Gasteiger partial charge in [-0.1, -0.05) is 0 Å². The molecule has 0 aliphatic heterocycles. The normalized spacial score (nSPS) is 10.6. The van der Waals surface area contributed by atoms with E-state index in [1.165, 1.54) is 36.4 Å². The molecular formula is C46H50F2N6O5. The lowest BCUT2D eigenvalue weighted by Gasteiger charge is -2.12. The number of aromatic nitrogens is 2. The summed E-state index contributed by atoms with van der Waals surface area (Å²) in [5, 5.41) is 12.1. The molecule has 2 aromatic heterocycles. The summed E-state index contributed by atoms with van der Waals surface area (Å²) in [6, 6.07) is 32.7. The highest BCUT2D eigenvalue weighted by Crippen LogP contribution is 2.27. The third-order valence-electron chi connectivity index (χ3n) is 8.24. The molecule has 0 unspecified atom stereocenters. The molecule has 0 bridgehead atoms. The monoisotopic (exact) mass is 804 g/mol. The molecule has 0 fully saturated rings. The number of ether oxygens (including phenoxy) is 2. The molecule has 0 radical (unpaired) electrons. The fraction of sp³-hybridized carbons (Fsp3) is 0.217. The number of benzene rings is 4. The van der Waals surface area contributed by atoms with E-state index in [9.17, 15) is 18.4 Å². The number of aromatic carboxylic acids is 1. The van der Waals surface area contributed by atoms with E-state index in [0.717, 1.165) is 42.1 Å². The van der Waals surface area contributed by atoms with Crippen LogP contribution in [0.4, 0.5) is 8.78 Å². The van der Waals surface area contributed by atoms with Crippen LogP contribution in [0, 0.1) is 25.5 Å². The Morgan fingerprint density at radius 2 is 0.983 bits per heavy atom. The summed E-state index contributed by atoms with van der Waals surface area (Å²) in [6.45, 7) is 6.72. The number of likely N-dealkylation sites (N-methyl/N-ethyl adjacent to an activating group) is 2. The van der Waals surface area contributed by atoms with Crippen LogP contribution in [0.15, 0.2) is 121 Å². The van der Waals surface area contributed by atoms with Crippen molar-refractivity contribution in [1.29, 1.82) is 0 Å². The maximum atomic E-state index is 13.0. The average Bonchev–Trinajstić information content (AvgIpc) is 3.20. The summed E-state index contributed by atoms with van der Waals surface area (Å²) in [7, 11) is 7.94. The first-order valence-electron chi connectivity index (χ1n) is 18.7. The van der Waals surface area contributed by atoms with Gasteiger partial charge in [-0.3, -0.25) is 14.8 Å². The minimum absolute atomic E-state index is 0.116. The Labute approximate surface area is 344 Å². The molecule has 4 N–H and O–H groups in total. The van der Waals surface area contributed by atoms with Crippen molar-refractivity contribution in [2.75, 3.05) is 54.4 Å². The number of hydrogen-bond donors (Lipinski definition) is 3. The highest BCUT2D eigenvalue weighted by Gasteiger charge is 2.11. The first kappa shape index (κ1) is 45.2. The molecule has 0 atom stereocenters. The number of amides is 1.